The average Bonchev–Trinajstić information content (AvgIpc) is 2.99. The van der Waals surface area contributed by atoms with Gasteiger partial charge in [0, 0.05) is 11.4 Å². The highest BCUT2D eigenvalue weighted by molar-refractivity contribution is 5.95. The van der Waals surface area contributed by atoms with Crippen molar-refractivity contribution in [2.75, 3.05) is 10.6 Å². The van der Waals surface area contributed by atoms with Crippen molar-refractivity contribution in [3.05, 3.63) is 59.4 Å². The van der Waals surface area contributed by atoms with Crippen LogP contribution in [0.4, 0.5) is 15.8 Å². The fraction of sp³-hybridized carbons (Fsp3) is 0.235. The largest absolute Gasteiger partial charge is 0.367 e. The maximum atomic E-state index is 13.3. The summed E-state index contributed by atoms with van der Waals surface area (Å²) in [4.78, 5) is 12.5. The molecule has 2 unspecified atom stereocenters. The van der Waals surface area contributed by atoms with Gasteiger partial charge in [-0.2, -0.15) is 5.53 Å². The zero-order valence-corrected chi connectivity index (χ0v) is 13.5. The van der Waals surface area contributed by atoms with Crippen LogP contribution in [0.5, 0.6) is 0 Å². The molecule has 0 aromatic heterocycles. The molecule has 2 aromatic rings. The zero-order valence-electron chi connectivity index (χ0n) is 13.5. The number of nitrogens with one attached hydrogen (secondary N) is 5. The van der Waals surface area contributed by atoms with Crippen LogP contribution in [0.25, 0.3) is 0 Å². The Morgan fingerprint density at radius 2 is 1.88 bits per heavy atom. The van der Waals surface area contributed by atoms with Gasteiger partial charge in [0.15, 0.2) is 0 Å². The van der Waals surface area contributed by atoms with E-state index in [0.717, 1.165) is 11.3 Å². The molecule has 1 aliphatic rings. The number of amides is 1. The molecule has 126 valence electrons. The summed E-state index contributed by atoms with van der Waals surface area (Å²) in [7, 11) is 0. The minimum atomic E-state index is -0.574. The van der Waals surface area contributed by atoms with Crippen LogP contribution >= 0.6 is 0 Å². The molecule has 1 fully saturated rings. The molecule has 1 saturated heterocycles. The Balaban J connectivity index is 1.68. The fourth-order valence-electron chi connectivity index (χ4n) is 2.50. The molecule has 2 atom stereocenters. The lowest BCUT2D eigenvalue weighted by Crippen LogP contribution is -2.47. The Labute approximate surface area is 139 Å². The van der Waals surface area contributed by atoms with Crippen LogP contribution in [-0.2, 0) is 4.79 Å². The van der Waals surface area contributed by atoms with Crippen LogP contribution in [-0.4, -0.2) is 18.1 Å². The van der Waals surface area contributed by atoms with Crippen LogP contribution in [0.3, 0.4) is 0 Å². The Morgan fingerprint density at radius 1 is 1.04 bits per heavy atom. The smallest absolute Gasteiger partial charge is 0.246 e. The first-order chi connectivity index (χ1) is 11.5. The topological polar surface area (TPSA) is 77.2 Å². The Hall–Kier alpha value is -2.48. The van der Waals surface area contributed by atoms with Gasteiger partial charge in [0.05, 0.1) is 0 Å². The van der Waals surface area contributed by atoms with Gasteiger partial charge >= 0.3 is 0 Å². The second-order valence-electron chi connectivity index (χ2n) is 5.81. The number of hydrazine groups is 2. The van der Waals surface area contributed by atoms with Crippen molar-refractivity contribution in [3.8, 4) is 0 Å². The molecule has 1 aliphatic heterocycles. The number of aryl methyl sites for hydroxylation is 2. The van der Waals surface area contributed by atoms with E-state index in [1.54, 1.807) is 12.1 Å². The first kappa shape index (κ1) is 16.4. The molecule has 7 heteroatoms. The summed E-state index contributed by atoms with van der Waals surface area (Å²) >= 11 is 0. The van der Waals surface area contributed by atoms with Gasteiger partial charge in [-0.25, -0.2) is 15.2 Å². The van der Waals surface area contributed by atoms with E-state index in [1.807, 2.05) is 32.0 Å². The SMILES string of the molecule is Cc1ccc(NC(=O)C2NNNC2Nc2cccc(F)c2)cc1C. The summed E-state index contributed by atoms with van der Waals surface area (Å²) < 4.78 is 13.3. The fourth-order valence-corrected chi connectivity index (χ4v) is 2.50. The lowest BCUT2D eigenvalue weighted by Gasteiger charge is -2.20. The van der Waals surface area contributed by atoms with Gasteiger partial charge in [-0.1, -0.05) is 12.1 Å². The van der Waals surface area contributed by atoms with E-state index in [-0.39, 0.29) is 11.7 Å². The monoisotopic (exact) mass is 329 g/mol. The summed E-state index contributed by atoms with van der Waals surface area (Å²) in [5, 5.41) is 5.97. The van der Waals surface area contributed by atoms with Crippen molar-refractivity contribution in [2.24, 2.45) is 0 Å². The Morgan fingerprint density at radius 3 is 2.62 bits per heavy atom. The first-order valence-electron chi connectivity index (χ1n) is 7.69. The third kappa shape index (κ3) is 3.70. The predicted molar refractivity (Wildman–Crippen MR) is 91.6 cm³/mol. The quantitative estimate of drug-likeness (QED) is 0.591. The third-order valence-corrected chi connectivity index (χ3v) is 3.99. The van der Waals surface area contributed by atoms with E-state index < -0.39 is 12.2 Å². The molecule has 0 bridgehead atoms. The van der Waals surface area contributed by atoms with Crippen molar-refractivity contribution in [1.29, 1.82) is 0 Å². The van der Waals surface area contributed by atoms with Crippen LogP contribution in [0.2, 0.25) is 0 Å². The molecule has 6 nitrogen and oxygen atoms in total. The molecule has 3 rings (SSSR count). The van der Waals surface area contributed by atoms with Crippen molar-refractivity contribution >= 4 is 17.3 Å². The van der Waals surface area contributed by atoms with E-state index in [9.17, 15) is 9.18 Å². The van der Waals surface area contributed by atoms with Crippen LogP contribution in [0.15, 0.2) is 42.5 Å². The standard InChI is InChI=1S/C17H20FN5O/c1-10-6-7-14(8-11(10)2)20-17(24)15-16(22-23-21-15)19-13-5-3-4-12(18)9-13/h3-9,15-16,19,21-23H,1-2H3,(H,20,24). The average molecular weight is 329 g/mol. The molecule has 0 saturated carbocycles. The van der Waals surface area contributed by atoms with Gasteiger partial charge in [0.1, 0.15) is 18.0 Å². The van der Waals surface area contributed by atoms with Gasteiger partial charge in [-0.3, -0.25) is 4.79 Å². The highest BCUT2D eigenvalue weighted by atomic mass is 19.1. The molecule has 24 heavy (non-hydrogen) atoms. The summed E-state index contributed by atoms with van der Waals surface area (Å²) in [6, 6.07) is 11.3. The van der Waals surface area contributed by atoms with E-state index in [1.165, 1.54) is 17.7 Å². The number of carbonyl (C=O) groups excluding carboxylic acids is 1. The molecular weight excluding hydrogens is 309 g/mol. The number of anilines is 2. The van der Waals surface area contributed by atoms with Crippen molar-refractivity contribution < 1.29 is 9.18 Å². The lowest BCUT2D eigenvalue weighted by atomic mass is 10.1. The number of carbonyl (C=O) groups is 1. The van der Waals surface area contributed by atoms with Crippen molar-refractivity contribution in [2.45, 2.75) is 26.1 Å². The molecule has 1 amide bonds. The Kier molecular flexibility index (Phi) is 4.75. The van der Waals surface area contributed by atoms with Gasteiger partial charge < -0.3 is 10.6 Å². The summed E-state index contributed by atoms with van der Waals surface area (Å²) in [5.74, 6) is -0.542. The van der Waals surface area contributed by atoms with Crippen LogP contribution in [0.1, 0.15) is 11.1 Å². The molecule has 2 aromatic carbocycles. The molecule has 5 N–H and O–H groups in total. The normalized spacial score (nSPS) is 20.0. The minimum absolute atomic E-state index is 0.204. The number of hydrogen-bond donors (Lipinski definition) is 5. The maximum absolute atomic E-state index is 13.3. The maximum Gasteiger partial charge on any atom is 0.246 e. The van der Waals surface area contributed by atoms with Gasteiger partial charge in [-0.05, 0) is 55.3 Å². The minimum Gasteiger partial charge on any atom is -0.367 e. The van der Waals surface area contributed by atoms with Crippen LogP contribution < -0.4 is 27.0 Å². The number of benzene rings is 2. The summed E-state index contributed by atoms with van der Waals surface area (Å²) in [5.41, 5.74) is 12.1. The number of rotatable bonds is 4. The van der Waals surface area contributed by atoms with Crippen molar-refractivity contribution in [1.82, 2.24) is 16.4 Å². The van der Waals surface area contributed by atoms with Crippen molar-refractivity contribution in [3.63, 3.8) is 0 Å². The van der Waals surface area contributed by atoms with E-state index in [0.29, 0.717) is 5.69 Å². The molecule has 1 heterocycles. The summed E-state index contributed by atoms with van der Waals surface area (Å²) in [6.07, 6.45) is -0.432. The molecule has 0 spiro atoms. The van der Waals surface area contributed by atoms with Crippen LogP contribution in [0, 0.1) is 19.7 Å². The Bertz CT molecular complexity index is 752. The highest BCUT2D eigenvalue weighted by Crippen LogP contribution is 2.16. The van der Waals surface area contributed by atoms with Gasteiger partial charge in [-0.15, -0.1) is 0 Å². The van der Waals surface area contributed by atoms with Gasteiger partial charge in [0.2, 0.25) is 5.91 Å². The van der Waals surface area contributed by atoms with E-state index in [2.05, 4.69) is 27.0 Å². The van der Waals surface area contributed by atoms with Gasteiger partial charge in [0.25, 0.3) is 0 Å². The number of halogens is 1. The second-order valence-corrected chi connectivity index (χ2v) is 5.81. The predicted octanol–water partition coefficient (Wildman–Crippen LogP) is 1.80. The van der Waals surface area contributed by atoms with E-state index in [4.69, 9.17) is 0 Å². The molecule has 0 aliphatic carbocycles. The summed E-state index contributed by atoms with van der Waals surface area (Å²) in [6.45, 7) is 4.02. The zero-order chi connectivity index (χ0) is 17.1. The van der Waals surface area contributed by atoms with E-state index >= 15 is 0 Å². The highest BCUT2D eigenvalue weighted by Gasteiger charge is 2.32. The molecule has 0 radical (unpaired) electrons. The molecular formula is C17H20FN5O. The third-order valence-electron chi connectivity index (χ3n) is 3.99. The number of hydrogen-bond acceptors (Lipinski definition) is 5. The first-order valence-corrected chi connectivity index (χ1v) is 7.69. The second kappa shape index (κ2) is 6.96. The lowest BCUT2D eigenvalue weighted by molar-refractivity contribution is -0.118.